The maximum atomic E-state index is 11.5. The van der Waals surface area contributed by atoms with Crippen LogP contribution in [0.4, 0.5) is 0 Å². The summed E-state index contributed by atoms with van der Waals surface area (Å²) in [6.45, 7) is 0. The van der Waals surface area contributed by atoms with Crippen molar-refractivity contribution in [3.8, 4) is 62.2 Å². The lowest BCUT2D eigenvalue weighted by atomic mass is 9.94. The Morgan fingerprint density at radius 2 is 1.00 bits per heavy atom. The summed E-state index contributed by atoms with van der Waals surface area (Å²) in [6, 6.07) is 57.1. The molecule has 0 radical (unpaired) electrons. The van der Waals surface area contributed by atoms with Crippen molar-refractivity contribution in [3.05, 3.63) is 170 Å². The first kappa shape index (κ1) is 29.8. The summed E-state index contributed by atoms with van der Waals surface area (Å²) in [5.41, 5.74) is 7.76. The largest absolute Gasteiger partial charge is 0.507 e. The molecule has 52 heavy (non-hydrogen) atoms. The summed E-state index contributed by atoms with van der Waals surface area (Å²) in [7, 11) is 0. The van der Waals surface area contributed by atoms with E-state index in [4.69, 9.17) is 19.4 Å². The van der Waals surface area contributed by atoms with Gasteiger partial charge in [-0.05, 0) is 74.6 Å². The number of hydrogen-bond donors (Lipinski definition) is 1. The fraction of sp³-hybridized carbons (Fsp3) is 0. The van der Waals surface area contributed by atoms with Crippen molar-refractivity contribution in [2.24, 2.45) is 0 Å². The van der Waals surface area contributed by atoms with E-state index >= 15 is 0 Å². The zero-order chi connectivity index (χ0) is 34.6. The number of phenolic OH excluding ortho intramolecular Hbond substituents is 1. The maximum absolute atomic E-state index is 11.5. The van der Waals surface area contributed by atoms with E-state index in [2.05, 4.69) is 84.9 Å². The second-order valence-electron chi connectivity index (χ2n) is 13.0. The quantitative estimate of drug-likeness (QED) is 0.185. The van der Waals surface area contributed by atoms with Crippen LogP contribution in [-0.4, -0.2) is 20.1 Å². The third kappa shape index (κ3) is 5.07. The van der Waals surface area contributed by atoms with E-state index in [-0.39, 0.29) is 5.75 Å². The molecule has 0 fully saturated rings. The molecule has 10 rings (SSSR count). The van der Waals surface area contributed by atoms with Crippen LogP contribution in [0.3, 0.4) is 0 Å². The molecule has 1 N–H and O–H groups in total. The highest BCUT2D eigenvalue weighted by Gasteiger charge is 2.19. The van der Waals surface area contributed by atoms with E-state index in [9.17, 15) is 5.11 Å². The van der Waals surface area contributed by atoms with E-state index in [1.165, 1.54) is 16.2 Å². The molecule has 0 atom stereocenters. The molecule has 0 amide bonds. The molecule has 244 valence electrons. The van der Waals surface area contributed by atoms with Crippen molar-refractivity contribution in [2.75, 3.05) is 0 Å². The molecule has 10 aromatic rings. The molecule has 0 unspecified atom stereocenters. The van der Waals surface area contributed by atoms with Gasteiger partial charge < -0.3 is 9.52 Å². The highest BCUT2D eigenvalue weighted by atomic mass is 16.3. The molecule has 0 bridgehead atoms. The number of phenols is 1. The van der Waals surface area contributed by atoms with Gasteiger partial charge in [0, 0.05) is 33.0 Å². The van der Waals surface area contributed by atoms with Gasteiger partial charge in [0.15, 0.2) is 17.5 Å². The van der Waals surface area contributed by atoms with Gasteiger partial charge >= 0.3 is 0 Å². The van der Waals surface area contributed by atoms with E-state index in [0.717, 1.165) is 55.1 Å². The first-order chi connectivity index (χ1) is 25.7. The fourth-order valence-electron chi connectivity index (χ4n) is 7.28. The SMILES string of the molecule is Oc1cccc(-c2nc(-c3ccccc3)nc(-c3ccc4c(ccc5ccccc54)c3)n2)c1-c1cccc(-c2ccc3oc4ccccc4c3c2)c1. The summed E-state index contributed by atoms with van der Waals surface area (Å²) in [6.07, 6.45) is 0. The average molecular weight is 668 g/mol. The molecule has 8 aromatic carbocycles. The van der Waals surface area contributed by atoms with Crippen LogP contribution in [0, 0.1) is 0 Å². The van der Waals surface area contributed by atoms with Crippen LogP contribution in [0.2, 0.25) is 0 Å². The highest BCUT2D eigenvalue weighted by molar-refractivity contribution is 6.08. The normalized spacial score (nSPS) is 11.5. The van der Waals surface area contributed by atoms with Crippen molar-refractivity contribution >= 4 is 43.5 Å². The highest BCUT2D eigenvalue weighted by Crippen LogP contribution is 2.41. The second-order valence-corrected chi connectivity index (χ2v) is 13.0. The number of hydrogen-bond acceptors (Lipinski definition) is 5. The predicted molar refractivity (Wildman–Crippen MR) is 211 cm³/mol. The second kappa shape index (κ2) is 12.0. The molecule has 5 heteroatoms. The van der Waals surface area contributed by atoms with Crippen LogP contribution in [0.1, 0.15) is 0 Å². The van der Waals surface area contributed by atoms with Crippen molar-refractivity contribution in [2.45, 2.75) is 0 Å². The van der Waals surface area contributed by atoms with Crippen molar-refractivity contribution in [3.63, 3.8) is 0 Å². The number of para-hydroxylation sites is 1. The molecular weight excluding hydrogens is 639 g/mol. The van der Waals surface area contributed by atoms with Gasteiger partial charge in [0.1, 0.15) is 16.9 Å². The molecule has 0 aliphatic carbocycles. The van der Waals surface area contributed by atoms with Gasteiger partial charge in [0.05, 0.1) is 0 Å². The predicted octanol–water partition coefficient (Wildman–Crippen LogP) is 12.1. The zero-order valence-electron chi connectivity index (χ0n) is 27.9. The maximum Gasteiger partial charge on any atom is 0.164 e. The van der Waals surface area contributed by atoms with Crippen LogP contribution >= 0.6 is 0 Å². The van der Waals surface area contributed by atoms with Gasteiger partial charge in [0.25, 0.3) is 0 Å². The molecule has 0 aliphatic heterocycles. The van der Waals surface area contributed by atoms with E-state index in [1.807, 2.05) is 78.9 Å². The summed E-state index contributed by atoms with van der Waals surface area (Å²) >= 11 is 0. The Morgan fingerprint density at radius 3 is 1.90 bits per heavy atom. The fourth-order valence-corrected chi connectivity index (χ4v) is 7.28. The number of benzene rings is 8. The molecule has 2 heterocycles. The van der Waals surface area contributed by atoms with Crippen LogP contribution < -0.4 is 0 Å². The Morgan fingerprint density at radius 1 is 0.365 bits per heavy atom. The number of aromatic nitrogens is 3. The van der Waals surface area contributed by atoms with Crippen LogP contribution in [0.25, 0.3) is 99.9 Å². The van der Waals surface area contributed by atoms with Crippen molar-refractivity contribution in [1.29, 1.82) is 0 Å². The average Bonchev–Trinajstić information content (AvgIpc) is 3.59. The number of fused-ring (bicyclic) bond motifs is 6. The van der Waals surface area contributed by atoms with Crippen molar-refractivity contribution < 1.29 is 9.52 Å². The van der Waals surface area contributed by atoms with Crippen LogP contribution in [-0.2, 0) is 0 Å². The Balaban J connectivity index is 1.13. The minimum atomic E-state index is 0.145. The van der Waals surface area contributed by atoms with Crippen LogP contribution in [0.15, 0.2) is 174 Å². The first-order valence-corrected chi connectivity index (χ1v) is 17.2. The molecule has 0 saturated heterocycles. The minimum absolute atomic E-state index is 0.145. The zero-order valence-corrected chi connectivity index (χ0v) is 27.9. The first-order valence-electron chi connectivity index (χ1n) is 17.2. The van der Waals surface area contributed by atoms with Gasteiger partial charge in [-0.25, -0.2) is 15.0 Å². The molecule has 0 saturated carbocycles. The molecule has 0 aliphatic rings. The topological polar surface area (TPSA) is 72.0 Å². The summed E-state index contributed by atoms with van der Waals surface area (Å²) in [4.78, 5) is 15.1. The Bertz CT molecular complexity index is 2990. The standard InChI is InChI=1S/C47H29N3O2/c51-41-18-9-17-39(44(41)34-14-8-13-31(26-34)32-23-25-43-40(28-32)38-16-6-7-19-42(38)52-43)47-49-45(30-11-2-1-3-12-30)48-46(50-47)35-22-24-37-33(27-35)21-20-29-10-4-5-15-36(29)37/h1-28,51H. The third-order valence-corrected chi connectivity index (χ3v) is 9.82. The smallest absolute Gasteiger partial charge is 0.164 e. The van der Waals surface area contributed by atoms with E-state index in [0.29, 0.717) is 28.6 Å². The number of nitrogens with zero attached hydrogens (tertiary/aromatic N) is 3. The number of rotatable bonds is 5. The lowest BCUT2D eigenvalue weighted by molar-refractivity contribution is 0.477. The Hall–Kier alpha value is -7.11. The van der Waals surface area contributed by atoms with Gasteiger partial charge in [-0.1, -0.05) is 133 Å². The Labute approximate surface area is 299 Å². The van der Waals surface area contributed by atoms with E-state index < -0.39 is 0 Å². The third-order valence-electron chi connectivity index (χ3n) is 9.82. The van der Waals surface area contributed by atoms with Crippen molar-refractivity contribution in [1.82, 2.24) is 15.0 Å². The summed E-state index contributed by atoms with van der Waals surface area (Å²) in [5.74, 6) is 1.74. The summed E-state index contributed by atoms with van der Waals surface area (Å²) in [5, 5.41) is 18.3. The Kier molecular flexibility index (Phi) is 6.89. The number of aromatic hydroxyl groups is 1. The minimum Gasteiger partial charge on any atom is -0.507 e. The lowest BCUT2D eigenvalue weighted by Gasteiger charge is -2.14. The van der Waals surface area contributed by atoms with Gasteiger partial charge in [-0.2, -0.15) is 0 Å². The monoisotopic (exact) mass is 667 g/mol. The summed E-state index contributed by atoms with van der Waals surface area (Å²) < 4.78 is 6.09. The lowest BCUT2D eigenvalue weighted by Crippen LogP contribution is -2.01. The molecular formula is C47H29N3O2. The van der Waals surface area contributed by atoms with Gasteiger partial charge in [-0.15, -0.1) is 0 Å². The van der Waals surface area contributed by atoms with Crippen LogP contribution in [0.5, 0.6) is 5.75 Å². The van der Waals surface area contributed by atoms with Gasteiger partial charge in [-0.3, -0.25) is 0 Å². The van der Waals surface area contributed by atoms with E-state index in [1.54, 1.807) is 6.07 Å². The molecule has 0 spiro atoms. The molecule has 5 nitrogen and oxygen atoms in total. The van der Waals surface area contributed by atoms with Gasteiger partial charge in [0.2, 0.25) is 0 Å². The number of furan rings is 1. The molecule has 2 aromatic heterocycles.